The minimum absolute atomic E-state index is 0.0215. The second-order valence-electron chi connectivity index (χ2n) is 9.36. The number of nitrogens with one attached hydrogen (secondary N) is 2. The van der Waals surface area contributed by atoms with Gasteiger partial charge in [-0.1, -0.05) is 18.2 Å². The summed E-state index contributed by atoms with van der Waals surface area (Å²) in [7, 11) is 7.98. The Balaban J connectivity index is 1.58. The lowest BCUT2D eigenvalue weighted by atomic mass is 9.90. The SMILES string of the molecule is CNc1ccc(C2=C(C3=CC4=CN(C)N(C)C4C=C3)CNC(N3CCC(N)C3)N2C)cc1F. The number of hydrogen-bond acceptors (Lipinski definition) is 7. The van der Waals surface area contributed by atoms with Crippen LogP contribution in [0.4, 0.5) is 10.1 Å². The van der Waals surface area contributed by atoms with Crippen LogP contribution in [0.5, 0.6) is 0 Å². The Morgan fingerprint density at radius 1 is 1.21 bits per heavy atom. The van der Waals surface area contributed by atoms with Crippen LogP contribution in [0.3, 0.4) is 0 Å². The van der Waals surface area contributed by atoms with Crippen LogP contribution in [-0.4, -0.2) is 86.0 Å². The standard InChI is InChI=1S/C25H34FN7/c1-28-22-7-5-17(12-21(22)26)24-20(13-29-25(31(24)3)33-10-9-19(27)15-33)16-6-8-23-18(11-16)14-30(2)32(23)4/h5-8,11-12,14,19,23,25,28-29H,9-10,13,15,27H2,1-4H3. The number of nitrogens with zero attached hydrogens (tertiary/aromatic N) is 4. The number of hydrogen-bond donors (Lipinski definition) is 3. The van der Waals surface area contributed by atoms with Crippen LogP contribution in [0.25, 0.3) is 5.70 Å². The smallest absolute Gasteiger partial charge is 0.146 e. The zero-order chi connectivity index (χ0) is 23.3. The van der Waals surface area contributed by atoms with Gasteiger partial charge in [-0.25, -0.2) is 9.40 Å². The maximum atomic E-state index is 14.8. The van der Waals surface area contributed by atoms with E-state index < -0.39 is 0 Å². The quantitative estimate of drug-likeness (QED) is 0.647. The van der Waals surface area contributed by atoms with Gasteiger partial charge in [0.05, 0.1) is 17.4 Å². The van der Waals surface area contributed by atoms with Crippen LogP contribution < -0.4 is 16.4 Å². The third-order valence-corrected chi connectivity index (χ3v) is 7.29. The van der Waals surface area contributed by atoms with Gasteiger partial charge in [0.2, 0.25) is 0 Å². The van der Waals surface area contributed by atoms with Crippen LogP contribution in [0.15, 0.2) is 59.3 Å². The topological polar surface area (TPSA) is 63.0 Å². The third kappa shape index (κ3) is 3.87. The molecular weight excluding hydrogens is 417 g/mol. The normalized spacial score (nSPS) is 28.4. The Bertz CT molecular complexity index is 1060. The Labute approximate surface area is 195 Å². The number of nitrogens with two attached hydrogens (primary N) is 1. The molecule has 3 aliphatic heterocycles. The van der Waals surface area contributed by atoms with Gasteiger partial charge in [-0.05, 0) is 41.3 Å². The monoisotopic (exact) mass is 451 g/mol. The zero-order valence-electron chi connectivity index (χ0n) is 19.8. The van der Waals surface area contributed by atoms with E-state index in [4.69, 9.17) is 5.73 Å². The third-order valence-electron chi connectivity index (χ3n) is 7.29. The zero-order valence-corrected chi connectivity index (χ0v) is 19.8. The van der Waals surface area contributed by atoms with Crippen LogP contribution in [0.1, 0.15) is 12.0 Å². The summed E-state index contributed by atoms with van der Waals surface area (Å²) in [4.78, 5) is 4.62. The maximum absolute atomic E-state index is 14.8. The van der Waals surface area contributed by atoms with Crippen molar-refractivity contribution >= 4 is 11.4 Å². The van der Waals surface area contributed by atoms with Crippen molar-refractivity contribution in [1.29, 1.82) is 0 Å². The first-order valence-electron chi connectivity index (χ1n) is 11.6. The number of hydrazine groups is 1. The number of fused-ring (bicyclic) bond motifs is 1. The summed E-state index contributed by atoms with van der Waals surface area (Å²) in [6, 6.07) is 5.91. The van der Waals surface area contributed by atoms with Crippen molar-refractivity contribution in [3.05, 3.63) is 70.7 Å². The van der Waals surface area contributed by atoms with Gasteiger partial charge in [-0.3, -0.25) is 10.2 Å². The number of anilines is 1. The van der Waals surface area contributed by atoms with Crippen molar-refractivity contribution in [3.63, 3.8) is 0 Å². The summed E-state index contributed by atoms with van der Waals surface area (Å²) in [6.07, 6.45) is 9.89. The molecular formula is C25H34FN7. The largest absolute Gasteiger partial charge is 0.386 e. The van der Waals surface area contributed by atoms with Crippen molar-refractivity contribution in [2.75, 3.05) is 53.1 Å². The summed E-state index contributed by atoms with van der Waals surface area (Å²) in [6.45, 7) is 2.51. The van der Waals surface area contributed by atoms with E-state index in [9.17, 15) is 4.39 Å². The molecule has 5 rings (SSSR count). The fourth-order valence-corrected chi connectivity index (χ4v) is 5.41. The van der Waals surface area contributed by atoms with E-state index in [1.165, 1.54) is 11.1 Å². The Kier molecular flexibility index (Phi) is 5.78. The fourth-order valence-electron chi connectivity index (χ4n) is 5.41. The highest BCUT2D eigenvalue weighted by atomic mass is 19.1. The van der Waals surface area contributed by atoms with Crippen molar-refractivity contribution in [1.82, 2.24) is 25.1 Å². The van der Waals surface area contributed by atoms with E-state index in [1.807, 2.05) is 12.1 Å². The van der Waals surface area contributed by atoms with Crippen molar-refractivity contribution in [2.24, 2.45) is 5.73 Å². The molecule has 3 atom stereocenters. The van der Waals surface area contributed by atoms with E-state index in [0.29, 0.717) is 12.2 Å². The molecule has 4 aliphatic rings. The number of allylic oxidation sites excluding steroid dienone is 1. The molecule has 0 bridgehead atoms. The van der Waals surface area contributed by atoms with Crippen molar-refractivity contribution in [2.45, 2.75) is 24.8 Å². The highest BCUT2D eigenvalue weighted by Crippen LogP contribution is 2.37. The Morgan fingerprint density at radius 2 is 2.03 bits per heavy atom. The second kappa shape index (κ2) is 8.61. The van der Waals surface area contributed by atoms with Gasteiger partial charge in [-0.15, -0.1) is 0 Å². The van der Waals surface area contributed by atoms with Crippen LogP contribution in [0, 0.1) is 5.82 Å². The number of benzene rings is 1. The summed E-state index contributed by atoms with van der Waals surface area (Å²) in [5, 5.41) is 11.0. The molecule has 0 spiro atoms. The van der Waals surface area contributed by atoms with Gasteiger partial charge in [0.25, 0.3) is 0 Å². The van der Waals surface area contributed by atoms with Gasteiger partial charge < -0.3 is 21.0 Å². The minimum atomic E-state index is -0.247. The van der Waals surface area contributed by atoms with Gasteiger partial charge in [-0.2, -0.15) is 0 Å². The lowest BCUT2D eigenvalue weighted by molar-refractivity contribution is 0.0883. The average Bonchev–Trinajstić information content (AvgIpc) is 3.35. The fraction of sp³-hybridized carbons (Fsp3) is 0.440. The first-order valence-corrected chi connectivity index (χ1v) is 11.6. The molecule has 1 aromatic carbocycles. The molecule has 0 aromatic heterocycles. The predicted octanol–water partition coefficient (Wildman–Crippen LogP) is 1.97. The Hall–Kier alpha value is -2.65. The van der Waals surface area contributed by atoms with Crippen LogP contribution in [0.2, 0.25) is 0 Å². The molecule has 1 saturated heterocycles. The van der Waals surface area contributed by atoms with Gasteiger partial charge in [0, 0.05) is 65.6 Å². The van der Waals surface area contributed by atoms with Crippen LogP contribution in [-0.2, 0) is 0 Å². The van der Waals surface area contributed by atoms with Crippen molar-refractivity contribution in [3.8, 4) is 0 Å². The number of rotatable bonds is 4. The van der Waals surface area contributed by atoms with Crippen LogP contribution >= 0.6 is 0 Å². The molecule has 3 unspecified atom stereocenters. The average molecular weight is 452 g/mol. The van der Waals surface area contributed by atoms with E-state index >= 15 is 0 Å². The molecule has 0 saturated carbocycles. The summed E-state index contributed by atoms with van der Waals surface area (Å²) in [5.41, 5.74) is 12.2. The van der Waals surface area contributed by atoms with E-state index in [-0.39, 0.29) is 24.2 Å². The first-order chi connectivity index (χ1) is 15.9. The molecule has 0 radical (unpaired) electrons. The molecule has 1 fully saturated rings. The van der Waals surface area contributed by atoms with E-state index in [0.717, 1.165) is 36.3 Å². The maximum Gasteiger partial charge on any atom is 0.146 e. The summed E-state index contributed by atoms with van der Waals surface area (Å²) in [5.74, 6) is -0.247. The molecule has 4 N–H and O–H groups in total. The molecule has 33 heavy (non-hydrogen) atoms. The lowest BCUT2D eigenvalue weighted by Gasteiger charge is -2.43. The van der Waals surface area contributed by atoms with E-state index in [1.54, 1.807) is 13.1 Å². The number of halogens is 1. The second-order valence-corrected chi connectivity index (χ2v) is 9.36. The first kappa shape index (κ1) is 22.2. The molecule has 1 aromatic rings. The Morgan fingerprint density at radius 3 is 2.73 bits per heavy atom. The number of likely N-dealkylation sites (tertiary alicyclic amines) is 1. The van der Waals surface area contributed by atoms with Gasteiger partial charge in [0.1, 0.15) is 12.1 Å². The molecule has 3 heterocycles. The lowest BCUT2D eigenvalue weighted by Crippen LogP contribution is -2.57. The van der Waals surface area contributed by atoms with Gasteiger partial charge >= 0.3 is 0 Å². The summed E-state index contributed by atoms with van der Waals surface area (Å²) < 4.78 is 14.8. The highest BCUT2D eigenvalue weighted by molar-refractivity contribution is 5.76. The predicted molar refractivity (Wildman–Crippen MR) is 131 cm³/mol. The molecule has 7 nitrogen and oxygen atoms in total. The minimum Gasteiger partial charge on any atom is -0.386 e. The summed E-state index contributed by atoms with van der Waals surface area (Å²) >= 11 is 0. The number of likely N-dealkylation sites (N-methyl/N-ethyl adjacent to an activating group) is 1. The van der Waals surface area contributed by atoms with E-state index in [2.05, 4.69) is 76.0 Å². The van der Waals surface area contributed by atoms with Crippen molar-refractivity contribution < 1.29 is 4.39 Å². The molecule has 8 heteroatoms. The molecule has 176 valence electrons. The van der Waals surface area contributed by atoms with Gasteiger partial charge in [0.15, 0.2) is 0 Å². The molecule has 1 aliphatic carbocycles. The highest BCUT2D eigenvalue weighted by Gasteiger charge is 2.35. The molecule has 0 amide bonds.